The van der Waals surface area contributed by atoms with Crippen LogP contribution in [0.25, 0.3) is 10.8 Å². The van der Waals surface area contributed by atoms with E-state index in [0.717, 1.165) is 31.9 Å². The molecule has 15 nitrogen and oxygen atoms in total. The molecule has 336 valence electrons. The molecule has 0 spiro atoms. The number of carbonyl (C=O) groups is 3. The number of ketones is 1. The number of unbranched alkanes of at least 4 members (excludes halogenated alkanes) is 1. The van der Waals surface area contributed by atoms with Crippen molar-refractivity contribution in [3.8, 4) is 23.0 Å². The molecule has 0 aliphatic carbocycles. The van der Waals surface area contributed by atoms with Gasteiger partial charge in [0.05, 0.1) is 53.0 Å². The number of rotatable bonds is 10. The molecule has 0 saturated carbocycles. The molecule has 3 heterocycles. The van der Waals surface area contributed by atoms with Gasteiger partial charge in [0.1, 0.15) is 29.5 Å². The summed E-state index contributed by atoms with van der Waals surface area (Å²) in [5.74, 6) is -8.56. The van der Waals surface area contributed by atoms with Gasteiger partial charge in [-0.25, -0.2) is 0 Å². The Morgan fingerprint density at radius 2 is 1.64 bits per heavy atom. The summed E-state index contributed by atoms with van der Waals surface area (Å²) in [7, 11) is 1.43. The molecular formula is C46H64N2O13. The van der Waals surface area contributed by atoms with E-state index in [0.29, 0.717) is 6.42 Å². The third-order valence-corrected chi connectivity index (χ3v) is 11.9. The third kappa shape index (κ3) is 10.3. The topological polar surface area (TPSA) is 223 Å². The number of fused-ring (bicyclic) bond motifs is 14. The molecule has 2 aromatic carbocycles. The number of methoxy groups -OCH3 is 1. The Balaban J connectivity index is 1.97. The van der Waals surface area contributed by atoms with E-state index in [4.69, 9.17) is 23.8 Å². The maximum atomic E-state index is 14.5. The Morgan fingerprint density at radius 3 is 2.26 bits per heavy atom. The number of phenols is 3. The van der Waals surface area contributed by atoms with Crippen molar-refractivity contribution in [1.82, 2.24) is 0 Å². The molecule has 3 aliphatic rings. The van der Waals surface area contributed by atoms with Crippen LogP contribution in [0.3, 0.4) is 0 Å². The van der Waals surface area contributed by atoms with Gasteiger partial charge in [-0.15, -0.1) is 0 Å². The van der Waals surface area contributed by atoms with Gasteiger partial charge in [-0.2, -0.15) is 0 Å². The van der Waals surface area contributed by atoms with Crippen molar-refractivity contribution in [1.29, 1.82) is 0 Å². The summed E-state index contributed by atoms with van der Waals surface area (Å²) in [6.07, 6.45) is 8.48. The number of anilines is 1. The van der Waals surface area contributed by atoms with Crippen molar-refractivity contribution >= 4 is 40.3 Å². The maximum Gasteiger partial charge on any atom is 0.312 e. The van der Waals surface area contributed by atoms with Crippen LogP contribution in [0.1, 0.15) is 116 Å². The maximum absolute atomic E-state index is 14.5. The summed E-state index contributed by atoms with van der Waals surface area (Å²) >= 11 is 0. The number of benzene rings is 2. The van der Waals surface area contributed by atoms with Crippen LogP contribution >= 0.6 is 0 Å². The molecule has 2 aromatic rings. The predicted octanol–water partition coefficient (Wildman–Crippen LogP) is 7.46. The lowest BCUT2D eigenvalue weighted by Crippen LogP contribution is -2.46. The van der Waals surface area contributed by atoms with E-state index in [1.165, 1.54) is 53.2 Å². The van der Waals surface area contributed by atoms with Crippen molar-refractivity contribution in [3.05, 3.63) is 52.8 Å². The Morgan fingerprint density at radius 1 is 0.951 bits per heavy atom. The summed E-state index contributed by atoms with van der Waals surface area (Å²) in [5, 5.41) is 64.7. The zero-order valence-corrected chi connectivity index (χ0v) is 37.1. The fourth-order valence-electron chi connectivity index (χ4n) is 8.05. The fraction of sp³-hybridized carbons (Fsp3) is 0.565. The highest BCUT2D eigenvalue weighted by Gasteiger charge is 2.50. The van der Waals surface area contributed by atoms with Crippen LogP contribution in [-0.4, -0.2) is 92.8 Å². The van der Waals surface area contributed by atoms with Gasteiger partial charge in [0, 0.05) is 61.2 Å². The molecule has 15 heteroatoms. The molecule has 10 atom stereocenters. The number of phenolic OH excluding ortho intramolecular Hbond substituents is 3. The number of nitrogens with zero attached hydrogens (tertiary/aromatic N) is 1. The van der Waals surface area contributed by atoms with Crippen LogP contribution in [0.15, 0.2) is 41.3 Å². The van der Waals surface area contributed by atoms with Crippen LogP contribution in [0.5, 0.6) is 23.0 Å². The minimum absolute atomic E-state index is 0.0413. The number of hydrogen-bond donors (Lipinski definition) is 6. The van der Waals surface area contributed by atoms with Gasteiger partial charge in [-0.3, -0.25) is 14.4 Å². The number of nitrogens with one attached hydrogen (secondary N) is 1. The van der Waals surface area contributed by atoms with Crippen LogP contribution < -0.4 is 10.1 Å². The highest BCUT2D eigenvalue weighted by molar-refractivity contribution is 6.23. The van der Waals surface area contributed by atoms with E-state index in [9.17, 15) is 39.9 Å². The van der Waals surface area contributed by atoms with Gasteiger partial charge in [-0.05, 0) is 39.2 Å². The number of amides is 1. The van der Waals surface area contributed by atoms with Gasteiger partial charge in [0.15, 0.2) is 5.75 Å². The van der Waals surface area contributed by atoms with E-state index in [2.05, 4.69) is 17.4 Å². The average Bonchev–Trinajstić information content (AvgIpc) is 3.49. The zero-order valence-electron chi connectivity index (χ0n) is 37.1. The lowest BCUT2D eigenvalue weighted by atomic mass is 9.78. The van der Waals surface area contributed by atoms with Gasteiger partial charge >= 0.3 is 11.8 Å². The smallest absolute Gasteiger partial charge is 0.312 e. The van der Waals surface area contributed by atoms with Crippen LogP contribution in [0, 0.1) is 30.6 Å². The van der Waals surface area contributed by atoms with Crippen molar-refractivity contribution in [2.45, 2.75) is 138 Å². The molecule has 0 radical (unpaired) electrons. The summed E-state index contributed by atoms with van der Waals surface area (Å²) in [5.41, 5.74) is -0.541. The SMILES string of the molecule is CCCCC(CCC)O/N=C\c1c2c(O)c3c(O)c(C)c4c(c3c1O)C(=O)C(C)(O/C=C/C(OC)C(C)C(OC(C)=O)C(C)C(O)C(C)C(O)C(C)/C=C/C=C(\C)C(=O)N2)O4. The Bertz CT molecular complexity index is 2060. The fourth-order valence-corrected chi connectivity index (χ4v) is 8.05. The first-order valence-electron chi connectivity index (χ1n) is 21.0. The van der Waals surface area contributed by atoms with Gasteiger partial charge in [0.25, 0.3) is 11.7 Å². The van der Waals surface area contributed by atoms with Crippen LogP contribution in [0.2, 0.25) is 0 Å². The van der Waals surface area contributed by atoms with Crippen molar-refractivity contribution in [2.24, 2.45) is 28.8 Å². The number of allylic oxidation sites excluding steroid dienone is 2. The summed E-state index contributed by atoms with van der Waals surface area (Å²) in [6.45, 7) is 16.6. The van der Waals surface area contributed by atoms with E-state index in [1.807, 2.05) is 6.92 Å². The summed E-state index contributed by atoms with van der Waals surface area (Å²) in [6, 6.07) is 0. The predicted molar refractivity (Wildman–Crippen MR) is 231 cm³/mol. The highest BCUT2D eigenvalue weighted by atomic mass is 16.7. The first-order valence-corrected chi connectivity index (χ1v) is 21.0. The second-order valence-corrected chi connectivity index (χ2v) is 16.5. The highest BCUT2D eigenvalue weighted by Crippen LogP contribution is 2.55. The number of ether oxygens (including phenoxy) is 4. The molecule has 0 saturated heterocycles. The quantitative estimate of drug-likeness (QED) is 0.0450. The Kier molecular flexibility index (Phi) is 16.4. The number of aliphatic hydroxyl groups excluding tert-OH is 2. The number of Topliss-reactive ketones (excluding diaryl/α,β-unsaturated/α-hetero) is 1. The number of oxime groups is 1. The Hall–Kier alpha value is -5.12. The normalized spacial score (nSPS) is 30.0. The molecule has 10 unspecified atom stereocenters. The van der Waals surface area contributed by atoms with Crippen molar-refractivity contribution in [3.63, 3.8) is 0 Å². The molecule has 0 fully saturated rings. The standard InChI is InChI=1S/C46H64N2O13/c1-12-14-19-30(16-13-2)61-47-22-31-36-41(54)34-33(40(31)53)35-43(28(8)39(34)52)60-46(10,44(35)55)58-21-20-32(57-11)25(5)42(59-29(9)49)27(7)38(51)26(6)37(50)23(3)17-15-18-24(4)45(56)48-36/h15,17-18,20-23,25-27,30,32,37-38,42,50-54H,12-14,16,19H2,1-11H3,(H,48,56)/b17-15+,21-20+,24-18+,47-22-. The number of aliphatic hydroxyl groups is 2. The van der Waals surface area contributed by atoms with E-state index < -0.39 is 88.8 Å². The van der Waals surface area contributed by atoms with E-state index in [1.54, 1.807) is 39.8 Å². The Labute approximate surface area is 358 Å². The second-order valence-electron chi connectivity index (χ2n) is 16.5. The van der Waals surface area contributed by atoms with Crippen LogP contribution in [-0.2, 0) is 28.6 Å². The zero-order chi connectivity index (χ0) is 45.5. The minimum Gasteiger partial charge on any atom is -0.507 e. The van der Waals surface area contributed by atoms with E-state index in [-0.39, 0.29) is 50.6 Å². The van der Waals surface area contributed by atoms with Gasteiger partial charge < -0.3 is 54.6 Å². The molecule has 5 bridgehead atoms. The number of hydrogen-bond acceptors (Lipinski definition) is 14. The van der Waals surface area contributed by atoms with Gasteiger partial charge in [-0.1, -0.05) is 77.8 Å². The van der Waals surface area contributed by atoms with E-state index >= 15 is 0 Å². The number of esters is 1. The van der Waals surface area contributed by atoms with Crippen molar-refractivity contribution in [2.75, 3.05) is 12.4 Å². The lowest BCUT2D eigenvalue weighted by molar-refractivity contribution is -0.160. The third-order valence-electron chi connectivity index (χ3n) is 11.9. The largest absolute Gasteiger partial charge is 0.507 e. The average molecular weight is 853 g/mol. The van der Waals surface area contributed by atoms with Gasteiger partial charge in [0.2, 0.25) is 0 Å². The van der Waals surface area contributed by atoms with Crippen LogP contribution in [0.4, 0.5) is 5.69 Å². The number of aromatic hydroxyl groups is 3. The molecule has 1 amide bonds. The minimum atomic E-state index is -2.06. The first-order chi connectivity index (χ1) is 28.8. The molecule has 0 aromatic heterocycles. The molecule has 5 rings (SSSR count). The molecule has 61 heavy (non-hydrogen) atoms. The summed E-state index contributed by atoms with van der Waals surface area (Å²) in [4.78, 5) is 46.4. The van der Waals surface area contributed by atoms with Crippen molar-refractivity contribution < 1.29 is 63.7 Å². The first kappa shape index (κ1) is 48.5. The molecule has 6 N–H and O–H groups in total. The second kappa shape index (κ2) is 20.6. The lowest BCUT2D eigenvalue weighted by Gasteiger charge is -2.38. The monoisotopic (exact) mass is 852 g/mol. The summed E-state index contributed by atoms with van der Waals surface area (Å²) < 4.78 is 23.6. The molecular weight excluding hydrogens is 789 g/mol. The number of carbonyl (C=O) groups excluding carboxylic acids is 3. The molecule has 3 aliphatic heterocycles.